The number of hydrogen-bond acceptors (Lipinski definition) is 4. The highest BCUT2D eigenvalue weighted by molar-refractivity contribution is 5.86. The van der Waals surface area contributed by atoms with Crippen LogP contribution in [0.2, 0.25) is 0 Å². The van der Waals surface area contributed by atoms with E-state index in [4.69, 9.17) is 5.11 Å². The molecule has 3 amide bonds. The predicted octanol–water partition coefficient (Wildman–Crippen LogP) is 1.24. The number of aromatic amines is 1. The van der Waals surface area contributed by atoms with Crippen molar-refractivity contribution in [3.05, 3.63) is 45.6 Å². The van der Waals surface area contributed by atoms with Gasteiger partial charge in [-0.15, -0.1) is 0 Å². The molecule has 9 nitrogen and oxygen atoms in total. The molecule has 1 atom stereocenters. The number of halogens is 1. The molecule has 0 saturated carbocycles. The Kier molecular flexibility index (Phi) is 6.57. The number of carbonyl (C=O) groups excluding carboxylic acids is 2. The maximum Gasteiger partial charge on any atom is 0.405 e. The van der Waals surface area contributed by atoms with Crippen LogP contribution in [-0.2, 0) is 16.0 Å². The van der Waals surface area contributed by atoms with Crippen LogP contribution in [0.15, 0.2) is 23.0 Å². The number of rotatable bonds is 5. The summed E-state index contributed by atoms with van der Waals surface area (Å²) in [6.07, 6.45) is -0.793. The van der Waals surface area contributed by atoms with Gasteiger partial charge in [-0.05, 0) is 43.4 Å². The van der Waals surface area contributed by atoms with E-state index in [1.54, 1.807) is 24.0 Å². The summed E-state index contributed by atoms with van der Waals surface area (Å²) in [5.74, 6) is -1.02. The number of hydrogen-bond donors (Lipinski definition) is 3. The molecule has 1 saturated heterocycles. The van der Waals surface area contributed by atoms with Crippen molar-refractivity contribution in [2.75, 3.05) is 26.2 Å². The lowest BCUT2D eigenvalue weighted by atomic mass is 10.0. The first-order chi connectivity index (χ1) is 14.7. The Bertz CT molecular complexity index is 1080. The fourth-order valence-corrected chi connectivity index (χ4v) is 3.76. The van der Waals surface area contributed by atoms with Crippen LogP contribution < -0.4 is 10.9 Å². The van der Waals surface area contributed by atoms with E-state index in [9.17, 15) is 23.6 Å². The summed E-state index contributed by atoms with van der Waals surface area (Å²) in [6.45, 7) is 4.62. The zero-order valence-electron chi connectivity index (χ0n) is 17.4. The third kappa shape index (κ3) is 5.01. The number of aromatic nitrogens is 1. The van der Waals surface area contributed by atoms with Gasteiger partial charge in [-0.25, -0.2) is 9.18 Å². The molecule has 2 aromatic rings. The molecule has 1 aliphatic rings. The van der Waals surface area contributed by atoms with Gasteiger partial charge in [0.05, 0.1) is 5.39 Å². The first-order valence-electron chi connectivity index (χ1n) is 10.0. The summed E-state index contributed by atoms with van der Waals surface area (Å²) in [6, 6.07) is 3.73. The molecule has 3 N–H and O–H groups in total. The summed E-state index contributed by atoms with van der Waals surface area (Å²) in [5.41, 5.74) is 0.821. The van der Waals surface area contributed by atoms with E-state index in [0.717, 1.165) is 5.56 Å². The molecular weight excluding hydrogens is 407 g/mol. The summed E-state index contributed by atoms with van der Waals surface area (Å²) in [5, 5.41) is 11.4. The Morgan fingerprint density at radius 1 is 1.19 bits per heavy atom. The third-order valence-corrected chi connectivity index (χ3v) is 5.50. The summed E-state index contributed by atoms with van der Waals surface area (Å²) in [4.78, 5) is 53.6. The van der Waals surface area contributed by atoms with Crippen LogP contribution in [0.3, 0.4) is 0 Å². The van der Waals surface area contributed by atoms with Crippen LogP contribution in [0, 0.1) is 12.7 Å². The Hall–Kier alpha value is -3.43. The highest BCUT2D eigenvalue weighted by Crippen LogP contribution is 2.19. The number of amides is 3. The van der Waals surface area contributed by atoms with Gasteiger partial charge in [-0.2, -0.15) is 0 Å². The van der Waals surface area contributed by atoms with Crippen molar-refractivity contribution in [3.63, 3.8) is 0 Å². The fraction of sp³-hybridized carbons (Fsp3) is 0.429. The van der Waals surface area contributed by atoms with Gasteiger partial charge in [0.2, 0.25) is 11.8 Å². The van der Waals surface area contributed by atoms with Crippen molar-refractivity contribution < 1.29 is 23.9 Å². The molecule has 1 fully saturated rings. The van der Waals surface area contributed by atoms with Crippen LogP contribution >= 0.6 is 0 Å². The number of H-pyrrole nitrogens is 1. The van der Waals surface area contributed by atoms with Crippen molar-refractivity contribution in [1.82, 2.24) is 20.1 Å². The maximum atomic E-state index is 14.0. The number of nitrogens with zero attached hydrogens (tertiary/aromatic N) is 2. The van der Waals surface area contributed by atoms with E-state index in [-0.39, 0.29) is 23.6 Å². The fourth-order valence-electron chi connectivity index (χ4n) is 3.76. The highest BCUT2D eigenvalue weighted by atomic mass is 19.1. The minimum atomic E-state index is -1.26. The summed E-state index contributed by atoms with van der Waals surface area (Å²) < 4.78 is 14.0. The average molecular weight is 432 g/mol. The quantitative estimate of drug-likeness (QED) is 0.656. The Labute approximate surface area is 177 Å². The first kappa shape index (κ1) is 22.3. The third-order valence-electron chi connectivity index (χ3n) is 5.50. The van der Waals surface area contributed by atoms with Crippen LogP contribution in [0.4, 0.5) is 9.18 Å². The van der Waals surface area contributed by atoms with E-state index in [1.807, 2.05) is 0 Å². The molecule has 1 aromatic carbocycles. The molecule has 0 aliphatic carbocycles. The minimum absolute atomic E-state index is 0.0162. The normalized spacial score (nSPS) is 15.1. The van der Waals surface area contributed by atoms with E-state index >= 15 is 0 Å². The zero-order valence-corrected chi connectivity index (χ0v) is 17.4. The van der Waals surface area contributed by atoms with Crippen molar-refractivity contribution in [3.8, 4) is 0 Å². The number of benzene rings is 1. The van der Waals surface area contributed by atoms with Gasteiger partial charge in [0.1, 0.15) is 11.9 Å². The second-order valence-electron chi connectivity index (χ2n) is 7.65. The molecule has 1 aromatic heterocycles. The van der Waals surface area contributed by atoms with Crippen LogP contribution in [-0.4, -0.2) is 70.0 Å². The van der Waals surface area contributed by atoms with E-state index in [2.05, 4.69) is 10.3 Å². The predicted molar refractivity (Wildman–Crippen MR) is 111 cm³/mol. The van der Waals surface area contributed by atoms with Crippen molar-refractivity contribution in [1.29, 1.82) is 0 Å². The average Bonchev–Trinajstić information content (AvgIpc) is 2.73. The molecule has 1 unspecified atom stereocenters. The second kappa shape index (κ2) is 9.15. The second-order valence-corrected chi connectivity index (χ2v) is 7.65. The maximum absolute atomic E-state index is 14.0. The Morgan fingerprint density at radius 3 is 2.48 bits per heavy atom. The van der Waals surface area contributed by atoms with Crippen molar-refractivity contribution >= 4 is 28.7 Å². The molecule has 166 valence electrons. The summed E-state index contributed by atoms with van der Waals surface area (Å²) >= 11 is 0. The number of piperazine rings is 1. The number of carbonyl (C=O) groups is 3. The lowest BCUT2D eigenvalue weighted by molar-refractivity contribution is -0.140. The number of carboxylic acid groups (broad SMARTS) is 1. The molecule has 10 heteroatoms. The van der Waals surface area contributed by atoms with Gasteiger partial charge in [0.25, 0.3) is 5.56 Å². The van der Waals surface area contributed by atoms with Gasteiger partial charge in [0, 0.05) is 38.3 Å². The molecule has 0 bridgehead atoms. The molecule has 2 heterocycles. The van der Waals surface area contributed by atoms with Crippen LogP contribution in [0.25, 0.3) is 10.8 Å². The standard InChI is InChI=1S/C21H25FN4O5/c1-12-3-5-16(22)18-15(12)11-14(24-19(18)28)4-6-17(27)25-7-9-26(10-8-25)20(29)13(2)23-21(30)31/h3,5,11,13,23H,4,6-10H2,1-2H3,(H,24,28)(H,30,31). The van der Waals surface area contributed by atoms with Gasteiger partial charge in [-0.3, -0.25) is 14.4 Å². The first-order valence-corrected chi connectivity index (χ1v) is 10.0. The van der Waals surface area contributed by atoms with E-state index in [0.29, 0.717) is 43.7 Å². The van der Waals surface area contributed by atoms with E-state index < -0.39 is 23.5 Å². The molecule has 31 heavy (non-hydrogen) atoms. The van der Waals surface area contributed by atoms with Gasteiger partial charge in [-0.1, -0.05) is 6.07 Å². The van der Waals surface area contributed by atoms with Crippen molar-refractivity contribution in [2.24, 2.45) is 0 Å². The molecular formula is C21H25FN4O5. The number of nitrogens with one attached hydrogen (secondary N) is 2. The largest absolute Gasteiger partial charge is 0.465 e. The van der Waals surface area contributed by atoms with Crippen molar-refractivity contribution in [2.45, 2.75) is 32.7 Å². The van der Waals surface area contributed by atoms with E-state index in [1.165, 1.54) is 17.9 Å². The SMILES string of the molecule is Cc1ccc(F)c2c(=O)[nH]c(CCC(=O)N3CCN(C(=O)C(C)NC(=O)O)CC3)cc12. The highest BCUT2D eigenvalue weighted by Gasteiger charge is 2.27. The topological polar surface area (TPSA) is 123 Å². The Morgan fingerprint density at radius 2 is 1.84 bits per heavy atom. The molecule has 3 rings (SSSR count). The number of fused-ring (bicyclic) bond motifs is 1. The van der Waals surface area contributed by atoms with Crippen LogP contribution in [0.1, 0.15) is 24.6 Å². The van der Waals surface area contributed by atoms with Gasteiger partial charge in [0.15, 0.2) is 0 Å². The Balaban J connectivity index is 1.58. The number of aryl methyl sites for hydroxylation is 2. The molecule has 0 spiro atoms. The lowest BCUT2D eigenvalue weighted by Gasteiger charge is -2.36. The number of pyridine rings is 1. The molecule has 1 aliphatic heterocycles. The lowest BCUT2D eigenvalue weighted by Crippen LogP contribution is -2.55. The van der Waals surface area contributed by atoms with Gasteiger partial charge < -0.3 is 25.2 Å². The summed E-state index contributed by atoms with van der Waals surface area (Å²) in [7, 11) is 0. The molecule has 0 radical (unpaired) electrons. The van der Waals surface area contributed by atoms with Gasteiger partial charge >= 0.3 is 6.09 Å². The minimum Gasteiger partial charge on any atom is -0.465 e. The smallest absolute Gasteiger partial charge is 0.405 e. The monoisotopic (exact) mass is 432 g/mol. The van der Waals surface area contributed by atoms with Crippen LogP contribution in [0.5, 0.6) is 0 Å². The zero-order chi connectivity index (χ0) is 22.7.